The van der Waals surface area contributed by atoms with Crippen molar-refractivity contribution in [1.29, 1.82) is 0 Å². The molecule has 0 N–H and O–H groups in total. The molecule has 4 heterocycles. The molecule has 0 aliphatic carbocycles. The molecule has 0 fully saturated rings. The van der Waals surface area contributed by atoms with Crippen molar-refractivity contribution in [3.63, 3.8) is 0 Å². The van der Waals surface area contributed by atoms with Crippen molar-refractivity contribution in [2.24, 2.45) is 0 Å². The summed E-state index contributed by atoms with van der Waals surface area (Å²) >= 11 is 0. The number of rotatable bonds is 1. The average Bonchev–Trinajstić information content (AvgIpc) is 2.69. The number of hydrogen-bond acceptors (Lipinski definition) is 1. The minimum atomic E-state index is 1.25. The van der Waals surface area contributed by atoms with Gasteiger partial charge in [0.2, 0.25) is 5.36 Å². The molecule has 27 heavy (non-hydrogen) atoms. The van der Waals surface area contributed by atoms with Crippen LogP contribution in [0.5, 0.6) is 0 Å². The first-order valence-corrected chi connectivity index (χ1v) is 11.0. The largest absolute Gasteiger partial charge is 0.371 e. The van der Waals surface area contributed by atoms with Crippen molar-refractivity contribution in [2.45, 2.75) is 51.4 Å². The highest BCUT2D eigenvalue weighted by molar-refractivity contribution is 5.68. The van der Waals surface area contributed by atoms with Crippen molar-refractivity contribution in [3.05, 3.63) is 62.7 Å². The van der Waals surface area contributed by atoms with Gasteiger partial charge in [-0.15, -0.1) is 0 Å². The maximum Gasteiger partial charge on any atom is 0.206 e. The van der Waals surface area contributed by atoms with Crippen LogP contribution in [0, 0.1) is 0 Å². The summed E-state index contributed by atoms with van der Waals surface area (Å²) in [5, 5.41) is 3.00. The predicted molar refractivity (Wildman–Crippen MR) is 112 cm³/mol. The summed E-state index contributed by atoms with van der Waals surface area (Å²) in [6, 6.07) is 9.92. The van der Waals surface area contributed by atoms with Crippen LogP contribution in [-0.4, -0.2) is 26.2 Å². The maximum absolute atomic E-state index is 2.64. The summed E-state index contributed by atoms with van der Waals surface area (Å²) in [5.74, 6) is 0. The molecule has 4 aliphatic rings. The summed E-state index contributed by atoms with van der Waals surface area (Å²) in [7, 11) is 0. The van der Waals surface area contributed by atoms with Crippen LogP contribution in [0.15, 0.2) is 24.3 Å². The molecular formula is C25H29N2+. The van der Waals surface area contributed by atoms with E-state index in [0.29, 0.717) is 0 Å². The van der Waals surface area contributed by atoms with Gasteiger partial charge in [-0.3, -0.25) is 0 Å². The molecule has 0 spiro atoms. The monoisotopic (exact) mass is 357 g/mol. The molecule has 2 heteroatoms. The Balaban J connectivity index is 1.50. The highest BCUT2D eigenvalue weighted by atomic mass is 15.1. The van der Waals surface area contributed by atoms with Gasteiger partial charge in [0.05, 0.1) is 0 Å². The molecule has 0 saturated heterocycles. The van der Waals surface area contributed by atoms with Gasteiger partial charge < -0.3 is 4.90 Å². The minimum absolute atomic E-state index is 1.25. The van der Waals surface area contributed by atoms with E-state index in [0.717, 1.165) is 0 Å². The van der Waals surface area contributed by atoms with E-state index in [1.54, 1.807) is 33.3 Å². The van der Waals surface area contributed by atoms with Crippen LogP contribution in [0.1, 0.15) is 53.5 Å². The van der Waals surface area contributed by atoms with E-state index in [1.807, 2.05) is 0 Å². The third kappa shape index (κ3) is 2.64. The standard InChI is InChI=1S/C25H29N2/c1-5-20-14-18(15-21-6-2-10-26(9-1)24(20)21)13-19-16-22-7-3-11-27-12-4-8-23(17-19)25(22)27/h13-17H,1-12H2/q+1. The number of anilines is 1. The zero-order chi connectivity index (χ0) is 17.8. The van der Waals surface area contributed by atoms with Crippen molar-refractivity contribution >= 4 is 11.8 Å². The van der Waals surface area contributed by atoms with Crippen molar-refractivity contribution in [2.75, 3.05) is 31.1 Å². The van der Waals surface area contributed by atoms with E-state index in [4.69, 9.17) is 0 Å². The molecule has 138 valence electrons. The fourth-order valence-electron chi connectivity index (χ4n) is 6.02. The molecule has 6 rings (SSSR count). The Kier molecular flexibility index (Phi) is 3.67. The highest BCUT2D eigenvalue weighted by Crippen LogP contribution is 2.36. The lowest BCUT2D eigenvalue weighted by atomic mass is 9.89. The Morgan fingerprint density at radius 1 is 0.704 bits per heavy atom. The normalized spacial score (nSPS) is 20.1. The van der Waals surface area contributed by atoms with Gasteiger partial charge in [-0.25, -0.2) is 4.58 Å². The fourth-order valence-corrected chi connectivity index (χ4v) is 6.02. The van der Waals surface area contributed by atoms with Gasteiger partial charge in [0.15, 0.2) is 0 Å². The van der Waals surface area contributed by atoms with E-state index in [9.17, 15) is 0 Å². The molecule has 2 nitrogen and oxygen atoms in total. The van der Waals surface area contributed by atoms with Crippen LogP contribution in [0.25, 0.3) is 6.08 Å². The molecular weight excluding hydrogens is 328 g/mol. The van der Waals surface area contributed by atoms with Crippen LogP contribution < -0.4 is 20.1 Å². The van der Waals surface area contributed by atoms with Gasteiger partial charge in [-0.1, -0.05) is 0 Å². The van der Waals surface area contributed by atoms with E-state index in [1.165, 1.54) is 88.3 Å². The minimum Gasteiger partial charge on any atom is -0.371 e. The van der Waals surface area contributed by atoms with Crippen LogP contribution in [0.2, 0.25) is 0 Å². The summed E-state index contributed by atoms with van der Waals surface area (Å²) < 4.78 is 2.64. The smallest absolute Gasteiger partial charge is 0.206 e. The molecule has 0 bridgehead atoms. The fraction of sp³-hybridized carbons (Fsp3) is 0.480. The molecule has 0 unspecified atom stereocenters. The second kappa shape index (κ2) is 6.22. The van der Waals surface area contributed by atoms with Crippen LogP contribution in [0.3, 0.4) is 0 Å². The van der Waals surface area contributed by atoms with Gasteiger partial charge in [0.1, 0.15) is 13.1 Å². The lowest BCUT2D eigenvalue weighted by Crippen LogP contribution is -2.44. The van der Waals surface area contributed by atoms with Gasteiger partial charge >= 0.3 is 0 Å². The molecule has 0 aromatic heterocycles. The van der Waals surface area contributed by atoms with E-state index in [2.05, 4.69) is 39.8 Å². The zero-order valence-electron chi connectivity index (χ0n) is 16.3. The van der Waals surface area contributed by atoms with Gasteiger partial charge in [-0.05, 0) is 90.8 Å². The van der Waals surface area contributed by atoms with Crippen LogP contribution in [-0.2, 0) is 25.7 Å². The highest BCUT2D eigenvalue weighted by Gasteiger charge is 2.25. The Hall–Kier alpha value is -2.09. The molecule has 0 saturated carbocycles. The predicted octanol–water partition coefficient (Wildman–Crippen LogP) is 2.60. The third-order valence-electron chi connectivity index (χ3n) is 7.04. The Morgan fingerprint density at radius 2 is 1.30 bits per heavy atom. The summed E-state index contributed by atoms with van der Waals surface area (Å²) in [4.78, 5) is 2.64. The van der Waals surface area contributed by atoms with E-state index >= 15 is 0 Å². The Morgan fingerprint density at radius 3 is 1.93 bits per heavy atom. The quantitative estimate of drug-likeness (QED) is 0.711. The number of nitrogens with zero attached hydrogens (tertiary/aromatic N) is 2. The second-order valence-corrected chi connectivity index (χ2v) is 8.91. The van der Waals surface area contributed by atoms with Crippen molar-refractivity contribution < 1.29 is 0 Å². The molecule has 2 aromatic carbocycles. The summed E-state index contributed by atoms with van der Waals surface area (Å²) in [5.41, 5.74) is 9.37. The van der Waals surface area contributed by atoms with Gasteiger partial charge in [-0.2, -0.15) is 0 Å². The van der Waals surface area contributed by atoms with Crippen LogP contribution >= 0.6 is 0 Å². The number of benzene rings is 2. The molecule has 2 aromatic rings. The zero-order valence-corrected chi connectivity index (χ0v) is 16.3. The van der Waals surface area contributed by atoms with Gasteiger partial charge in [0, 0.05) is 42.7 Å². The van der Waals surface area contributed by atoms with E-state index < -0.39 is 0 Å². The average molecular weight is 358 g/mol. The first-order valence-electron chi connectivity index (χ1n) is 11.0. The first kappa shape index (κ1) is 15.9. The molecule has 0 radical (unpaired) electrons. The SMILES string of the molecule is C(c1cc2c3c(c1)CCCN3CCC2)=c1cc2c3c(c1)CCC[N+]=3CCC2. The van der Waals surface area contributed by atoms with E-state index in [-0.39, 0.29) is 0 Å². The van der Waals surface area contributed by atoms with Crippen molar-refractivity contribution in [3.8, 4) is 0 Å². The summed E-state index contributed by atoms with van der Waals surface area (Å²) in [6.07, 6.45) is 12.7. The molecule has 4 aliphatic heterocycles. The third-order valence-corrected chi connectivity index (χ3v) is 7.04. The second-order valence-electron chi connectivity index (χ2n) is 8.91. The maximum atomic E-state index is 2.64. The lowest BCUT2D eigenvalue weighted by Gasteiger charge is -2.37. The molecule has 0 amide bonds. The molecule has 0 atom stereocenters. The Labute approximate surface area is 161 Å². The number of hydrogen-bond donors (Lipinski definition) is 0. The summed E-state index contributed by atoms with van der Waals surface area (Å²) in [6.45, 7) is 5.03. The Bertz CT molecular complexity index is 976. The van der Waals surface area contributed by atoms with Gasteiger partial charge in [0.25, 0.3) is 0 Å². The van der Waals surface area contributed by atoms with Crippen LogP contribution in [0.4, 0.5) is 5.69 Å². The van der Waals surface area contributed by atoms with Crippen molar-refractivity contribution in [1.82, 2.24) is 4.58 Å². The number of aryl methyl sites for hydroxylation is 4. The lowest BCUT2D eigenvalue weighted by molar-refractivity contribution is 0.480. The first-order chi connectivity index (χ1) is 13.3. The topological polar surface area (TPSA) is 6.25 Å².